The van der Waals surface area contributed by atoms with E-state index in [0.29, 0.717) is 30.4 Å². The molecule has 1 aliphatic heterocycles. The maximum absolute atomic E-state index is 12.9. The van der Waals surface area contributed by atoms with Gasteiger partial charge in [0.05, 0.1) is 11.3 Å². The van der Waals surface area contributed by atoms with Gasteiger partial charge in [-0.2, -0.15) is 0 Å². The Morgan fingerprint density at radius 2 is 1.92 bits per heavy atom. The molecule has 0 radical (unpaired) electrons. The van der Waals surface area contributed by atoms with Crippen molar-refractivity contribution in [2.75, 3.05) is 25.9 Å². The van der Waals surface area contributed by atoms with Crippen molar-refractivity contribution in [1.29, 1.82) is 0 Å². The van der Waals surface area contributed by atoms with Crippen molar-refractivity contribution in [1.82, 2.24) is 14.2 Å². The van der Waals surface area contributed by atoms with Gasteiger partial charge in [0.25, 0.3) is 5.91 Å². The molecule has 0 bridgehead atoms. The van der Waals surface area contributed by atoms with Gasteiger partial charge in [0.1, 0.15) is 5.69 Å². The number of aryl methyl sites for hydroxylation is 1. The number of likely N-dealkylation sites (tertiary alicyclic amines) is 1. The van der Waals surface area contributed by atoms with Crippen LogP contribution in [0.5, 0.6) is 0 Å². The summed E-state index contributed by atoms with van der Waals surface area (Å²) in [5.41, 5.74) is 1.44. The second-order valence-electron chi connectivity index (χ2n) is 6.59. The number of para-hydroxylation sites is 1. The maximum atomic E-state index is 12.9. The van der Waals surface area contributed by atoms with Gasteiger partial charge in [0, 0.05) is 37.6 Å². The van der Waals surface area contributed by atoms with Crippen LogP contribution < -0.4 is 4.72 Å². The number of halogens is 1. The van der Waals surface area contributed by atoms with E-state index in [1.165, 1.54) is 0 Å². The molecule has 1 saturated heterocycles. The minimum atomic E-state index is -3.17. The van der Waals surface area contributed by atoms with Crippen LogP contribution in [0.2, 0.25) is 5.02 Å². The maximum Gasteiger partial charge on any atom is 0.272 e. The fraction of sp³-hybridized carbons (Fsp3) is 0.471. The molecular formula is C17H22ClN3O3S. The highest BCUT2D eigenvalue weighted by Crippen LogP contribution is 2.31. The fourth-order valence-electron chi connectivity index (χ4n) is 3.34. The molecule has 136 valence electrons. The van der Waals surface area contributed by atoms with Crippen LogP contribution in [0.4, 0.5) is 0 Å². The Labute approximate surface area is 152 Å². The summed E-state index contributed by atoms with van der Waals surface area (Å²) in [5, 5.41) is 1.37. The Bertz CT molecular complexity index is 860. The third kappa shape index (κ3) is 3.83. The Balaban J connectivity index is 1.71. The molecule has 1 aromatic carbocycles. The molecule has 0 atom stereocenters. The molecule has 1 aromatic heterocycles. The van der Waals surface area contributed by atoms with E-state index in [4.69, 9.17) is 11.6 Å². The zero-order chi connectivity index (χ0) is 18.2. The van der Waals surface area contributed by atoms with Crippen LogP contribution >= 0.6 is 11.6 Å². The largest absolute Gasteiger partial charge is 0.338 e. The Hall–Kier alpha value is -1.57. The SMILES string of the molecule is Cn1c(C(=O)N2CCC(CNS(C)(=O)=O)CC2)c(Cl)c2ccccc21. The zero-order valence-corrected chi connectivity index (χ0v) is 15.9. The van der Waals surface area contributed by atoms with Crippen molar-refractivity contribution >= 4 is 38.4 Å². The lowest BCUT2D eigenvalue weighted by Crippen LogP contribution is -2.42. The fourth-order valence-corrected chi connectivity index (χ4v) is 4.25. The average Bonchev–Trinajstić information content (AvgIpc) is 2.84. The minimum absolute atomic E-state index is 0.0711. The first-order chi connectivity index (χ1) is 11.8. The number of hydrogen-bond acceptors (Lipinski definition) is 3. The van der Waals surface area contributed by atoms with Crippen LogP contribution in [-0.4, -0.2) is 49.7 Å². The highest BCUT2D eigenvalue weighted by atomic mass is 35.5. The summed E-state index contributed by atoms with van der Waals surface area (Å²) in [5.74, 6) is 0.181. The highest BCUT2D eigenvalue weighted by molar-refractivity contribution is 7.88. The molecule has 1 fully saturated rings. The third-order valence-corrected chi connectivity index (χ3v) is 5.86. The summed E-state index contributed by atoms with van der Waals surface area (Å²) in [6.45, 7) is 1.63. The summed E-state index contributed by atoms with van der Waals surface area (Å²) >= 11 is 6.46. The number of nitrogens with zero attached hydrogens (tertiary/aromatic N) is 2. The zero-order valence-electron chi connectivity index (χ0n) is 14.3. The molecule has 3 rings (SSSR count). The van der Waals surface area contributed by atoms with Crippen LogP contribution in [0.1, 0.15) is 23.3 Å². The summed E-state index contributed by atoms with van der Waals surface area (Å²) < 4.78 is 26.8. The number of carbonyl (C=O) groups excluding carboxylic acids is 1. The van der Waals surface area contributed by atoms with Crippen LogP contribution in [0.25, 0.3) is 10.9 Å². The molecule has 8 heteroatoms. The molecule has 0 aliphatic carbocycles. The summed E-state index contributed by atoms with van der Waals surface area (Å²) in [4.78, 5) is 14.7. The van der Waals surface area contributed by atoms with E-state index < -0.39 is 10.0 Å². The number of nitrogens with one attached hydrogen (secondary N) is 1. The summed E-state index contributed by atoms with van der Waals surface area (Å²) in [6, 6.07) is 7.69. The van der Waals surface area contributed by atoms with Gasteiger partial charge in [-0.15, -0.1) is 0 Å². The molecule has 6 nitrogen and oxygen atoms in total. The quantitative estimate of drug-likeness (QED) is 0.880. The predicted octanol–water partition coefficient (Wildman–Crippen LogP) is 2.23. The number of carbonyl (C=O) groups is 1. The monoisotopic (exact) mass is 383 g/mol. The Kier molecular flexibility index (Phi) is 5.09. The first-order valence-electron chi connectivity index (χ1n) is 8.24. The molecule has 2 heterocycles. The van der Waals surface area contributed by atoms with Crippen molar-refractivity contribution in [2.45, 2.75) is 12.8 Å². The van der Waals surface area contributed by atoms with Gasteiger partial charge in [-0.3, -0.25) is 4.79 Å². The van der Waals surface area contributed by atoms with E-state index >= 15 is 0 Å². The van der Waals surface area contributed by atoms with E-state index in [-0.39, 0.29) is 11.8 Å². The molecule has 1 amide bonds. The Morgan fingerprint density at radius 3 is 2.52 bits per heavy atom. The van der Waals surface area contributed by atoms with E-state index in [1.54, 1.807) is 4.90 Å². The van der Waals surface area contributed by atoms with Crippen molar-refractivity contribution in [3.8, 4) is 0 Å². The third-order valence-electron chi connectivity index (χ3n) is 4.78. The van der Waals surface area contributed by atoms with E-state index in [0.717, 1.165) is 30.0 Å². The van der Waals surface area contributed by atoms with Crippen molar-refractivity contribution in [3.05, 3.63) is 35.0 Å². The van der Waals surface area contributed by atoms with E-state index in [2.05, 4.69) is 4.72 Å². The normalized spacial score (nSPS) is 16.5. The number of aromatic nitrogens is 1. The van der Waals surface area contributed by atoms with Crippen molar-refractivity contribution in [3.63, 3.8) is 0 Å². The molecule has 0 unspecified atom stereocenters. The van der Waals surface area contributed by atoms with E-state index in [9.17, 15) is 13.2 Å². The van der Waals surface area contributed by atoms with Crippen LogP contribution in [0.15, 0.2) is 24.3 Å². The van der Waals surface area contributed by atoms with Gasteiger partial charge < -0.3 is 9.47 Å². The van der Waals surface area contributed by atoms with Gasteiger partial charge in [0.15, 0.2) is 0 Å². The first kappa shape index (κ1) is 18.2. The number of piperidine rings is 1. The molecule has 25 heavy (non-hydrogen) atoms. The standard InChI is InChI=1S/C17H22ClN3O3S/c1-20-14-6-4-3-5-13(14)15(18)16(20)17(22)21-9-7-12(8-10-21)11-19-25(2,23)24/h3-6,12,19H,7-11H2,1-2H3. The van der Waals surface area contributed by atoms with Gasteiger partial charge in [-0.05, 0) is 24.8 Å². The minimum Gasteiger partial charge on any atom is -0.338 e. The molecule has 0 spiro atoms. The second-order valence-corrected chi connectivity index (χ2v) is 8.81. The molecule has 2 aromatic rings. The van der Waals surface area contributed by atoms with Crippen LogP contribution in [0.3, 0.4) is 0 Å². The summed E-state index contributed by atoms with van der Waals surface area (Å²) in [7, 11) is -1.32. The average molecular weight is 384 g/mol. The van der Waals surface area contributed by atoms with Gasteiger partial charge >= 0.3 is 0 Å². The molecule has 1 aliphatic rings. The van der Waals surface area contributed by atoms with Crippen LogP contribution in [0, 0.1) is 5.92 Å². The summed E-state index contributed by atoms with van der Waals surface area (Å²) in [6.07, 6.45) is 2.71. The molecule has 1 N–H and O–H groups in total. The van der Waals surface area contributed by atoms with Gasteiger partial charge in [-0.25, -0.2) is 13.1 Å². The van der Waals surface area contributed by atoms with Gasteiger partial charge in [0.2, 0.25) is 10.0 Å². The lowest BCUT2D eigenvalue weighted by Gasteiger charge is -2.32. The number of rotatable bonds is 4. The topological polar surface area (TPSA) is 71.4 Å². The lowest BCUT2D eigenvalue weighted by atomic mass is 9.97. The second kappa shape index (κ2) is 6.97. The predicted molar refractivity (Wildman–Crippen MR) is 99.4 cm³/mol. The molecule has 0 saturated carbocycles. The van der Waals surface area contributed by atoms with Gasteiger partial charge in [-0.1, -0.05) is 29.8 Å². The Morgan fingerprint density at radius 1 is 1.28 bits per heavy atom. The number of fused-ring (bicyclic) bond motifs is 1. The smallest absolute Gasteiger partial charge is 0.272 e. The lowest BCUT2D eigenvalue weighted by molar-refractivity contribution is 0.0683. The number of amides is 1. The van der Waals surface area contributed by atoms with Crippen molar-refractivity contribution < 1.29 is 13.2 Å². The highest BCUT2D eigenvalue weighted by Gasteiger charge is 2.28. The van der Waals surface area contributed by atoms with Crippen LogP contribution in [-0.2, 0) is 17.1 Å². The number of hydrogen-bond donors (Lipinski definition) is 1. The first-order valence-corrected chi connectivity index (χ1v) is 10.5. The van der Waals surface area contributed by atoms with E-state index in [1.807, 2.05) is 35.9 Å². The number of benzene rings is 1. The molecular weight excluding hydrogens is 362 g/mol. The van der Waals surface area contributed by atoms with Crippen molar-refractivity contribution in [2.24, 2.45) is 13.0 Å². The number of sulfonamides is 1.